The molecule has 6 rings (SSSR count). The van der Waals surface area contributed by atoms with Crippen molar-refractivity contribution in [2.45, 2.75) is 45.7 Å². The molecule has 0 unspecified atom stereocenters. The van der Waals surface area contributed by atoms with Crippen molar-refractivity contribution in [2.24, 2.45) is 0 Å². The molecule has 4 aromatic rings. The number of hydrogen-bond acceptors (Lipinski definition) is 9. The summed E-state index contributed by atoms with van der Waals surface area (Å²) >= 11 is 1.74. The molecule has 2 aromatic carbocycles. The van der Waals surface area contributed by atoms with Gasteiger partial charge in [-0.2, -0.15) is 0 Å². The lowest BCUT2D eigenvalue weighted by Gasteiger charge is -2.27. The number of carbonyl (C=O) groups excluding carboxylic acids is 2. The van der Waals surface area contributed by atoms with Gasteiger partial charge in [-0.15, -0.1) is 21.5 Å². The summed E-state index contributed by atoms with van der Waals surface area (Å²) in [6, 6.07) is 12.2. The Hall–Kier alpha value is -4.42. The van der Waals surface area contributed by atoms with Crippen molar-refractivity contribution in [3.8, 4) is 11.6 Å². The fraction of sp³-hybridized carbons (Fsp3) is 0.382. The number of nitrogens with one attached hydrogen (secondary N) is 1. The third-order valence-electron chi connectivity index (χ3n) is 8.71. The molecule has 46 heavy (non-hydrogen) atoms. The summed E-state index contributed by atoms with van der Waals surface area (Å²) in [5.74, 6) is 0.0418. The van der Waals surface area contributed by atoms with Gasteiger partial charge in [0.05, 0.1) is 5.56 Å². The Morgan fingerprint density at radius 3 is 2.59 bits per heavy atom. The zero-order valence-electron chi connectivity index (χ0n) is 26.5. The molecule has 240 valence electrons. The average molecular weight is 644 g/mol. The number of nitrogens with zero attached hydrogens (tertiary/aromatic N) is 6. The van der Waals surface area contributed by atoms with E-state index in [9.17, 15) is 14.0 Å². The Bertz CT molecular complexity index is 1770. The summed E-state index contributed by atoms with van der Waals surface area (Å²) in [7, 11) is 1.91. The first kappa shape index (κ1) is 31.6. The highest BCUT2D eigenvalue weighted by Gasteiger charge is 2.35. The van der Waals surface area contributed by atoms with Gasteiger partial charge in [0, 0.05) is 55.9 Å². The molecular formula is C34H38FN7O3S. The topological polar surface area (TPSA) is 104 Å². The van der Waals surface area contributed by atoms with Crippen molar-refractivity contribution >= 4 is 39.1 Å². The van der Waals surface area contributed by atoms with Gasteiger partial charge >= 0.3 is 0 Å². The average Bonchev–Trinajstić information content (AvgIpc) is 3.76. The summed E-state index contributed by atoms with van der Waals surface area (Å²) in [5.41, 5.74) is 3.73. The molecule has 0 saturated carbocycles. The summed E-state index contributed by atoms with van der Waals surface area (Å²) in [5, 5.41) is 14.9. The Kier molecular flexibility index (Phi) is 9.27. The van der Waals surface area contributed by atoms with Gasteiger partial charge in [0.15, 0.2) is 5.82 Å². The molecule has 1 N–H and O–H groups in total. The normalized spacial score (nSPS) is 15.2. The highest BCUT2D eigenvalue weighted by Crippen LogP contribution is 2.36. The predicted octanol–water partition coefficient (Wildman–Crippen LogP) is 5.07. The fourth-order valence-corrected chi connectivity index (χ4v) is 7.26. The largest absolute Gasteiger partial charge is 0.434 e. The molecule has 12 heteroatoms. The van der Waals surface area contributed by atoms with Crippen LogP contribution in [0.25, 0.3) is 10.1 Å². The smallest absolute Gasteiger partial charge is 0.282 e. The number of benzene rings is 2. The van der Waals surface area contributed by atoms with Crippen LogP contribution in [-0.4, -0.2) is 88.7 Å². The summed E-state index contributed by atoms with van der Waals surface area (Å²) in [6.07, 6.45) is 2.56. The van der Waals surface area contributed by atoms with Gasteiger partial charge in [0.1, 0.15) is 17.9 Å². The lowest BCUT2D eigenvalue weighted by atomic mass is 10.0. The molecular weight excluding hydrogens is 605 g/mol. The molecule has 0 radical (unpaired) electrons. The third-order valence-corrected chi connectivity index (χ3v) is 9.72. The van der Waals surface area contributed by atoms with E-state index in [1.165, 1.54) is 51.3 Å². The number of aromatic nitrogens is 3. The minimum absolute atomic E-state index is 0.0393. The number of rotatable bonds is 11. The number of hydrogen-bond donors (Lipinski definition) is 1. The van der Waals surface area contributed by atoms with Gasteiger partial charge in [0.25, 0.3) is 11.8 Å². The molecule has 0 fully saturated rings. The standard InChI is InChI=1S/C34H38FN7O3S/c1-5-42(21(2)3)34(44)28-13-25(35)10-11-29(28)45-33-32(37-20-38-39-33)41-17-23-15-40(16-24(23)18-41)31(43)14-26(36-4)12-22-19-46-30-9-7-6-8-27(22)30/h6-11,13,19-21,26,36H,5,12,14-18H2,1-4H3/t26-/m1/s1. The first-order valence-electron chi connectivity index (χ1n) is 15.6. The Morgan fingerprint density at radius 2 is 1.87 bits per heavy atom. The van der Waals surface area contributed by atoms with Crippen LogP contribution in [0.15, 0.2) is 65.3 Å². The molecule has 0 saturated heterocycles. The molecule has 10 nitrogen and oxygen atoms in total. The van der Waals surface area contributed by atoms with E-state index < -0.39 is 5.82 Å². The maximum absolute atomic E-state index is 14.3. The van der Waals surface area contributed by atoms with Crippen LogP contribution in [0.2, 0.25) is 0 Å². The van der Waals surface area contributed by atoms with Crippen LogP contribution >= 0.6 is 11.3 Å². The van der Waals surface area contributed by atoms with Crippen LogP contribution in [0.5, 0.6) is 11.6 Å². The van der Waals surface area contributed by atoms with Crippen LogP contribution in [0.4, 0.5) is 10.2 Å². The second kappa shape index (κ2) is 13.5. The maximum Gasteiger partial charge on any atom is 0.282 e. The Balaban J connectivity index is 1.10. The quantitative estimate of drug-likeness (QED) is 0.226. The van der Waals surface area contributed by atoms with Crippen LogP contribution in [0.3, 0.4) is 0 Å². The predicted molar refractivity (Wildman–Crippen MR) is 177 cm³/mol. The molecule has 1 atom stereocenters. The molecule has 2 aromatic heterocycles. The van der Waals surface area contributed by atoms with E-state index in [1.54, 1.807) is 16.2 Å². The molecule has 0 bridgehead atoms. The number of fused-ring (bicyclic) bond motifs is 1. The van der Waals surface area contributed by atoms with E-state index in [4.69, 9.17) is 4.74 Å². The minimum atomic E-state index is -0.534. The van der Waals surface area contributed by atoms with Crippen molar-refractivity contribution < 1.29 is 18.7 Å². The van der Waals surface area contributed by atoms with Gasteiger partial charge in [0.2, 0.25) is 5.91 Å². The zero-order chi connectivity index (χ0) is 32.4. The van der Waals surface area contributed by atoms with Crippen molar-refractivity contribution in [3.05, 3.63) is 82.3 Å². The van der Waals surface area contributed by atoms with E-state index in [0.29, 0.717) is 45.0 Å². The van der Waals surface area contributed by atoms with Crippen LogP contribution in [0, 0.1) is 5.82 Å². The highest BCUT2D eigenvalue weighted by atomic mass is 32.1. The van der Waals surface area contributed by atoms with Gasteiger partial charge in [-0.1, -0.05) is 18.2 Å². The molecule has 0 spiro atoms. The van der Waals surface area contributed by atoms with E-state index in [2.05, 4.69) is 50.1 Å². The van der Waals surface area contributed by atoms with Gasteiger partial charge in [-0.25, -0.2) is 9.37 Å². The summed E-state index contributed by atoms with van der Waals surface area (Å²) in [4.78, 5) is 36.8. The van der Waals surface area contributed by atoms with E-state index in [0.717, 1.165) is 6.42 Å². The molecule has 2 amide bonds. The molecule has 0 aliphatic carbocycles. The van der Waals surface area contributed by atoms with Crippen molar-refractivity contribution in [1.82, 2.24) is 30.3 Å². The zero-order valence-corrected chi connectivity index (χ0v) is 27.3. The van der Waals surface area contributed by atoms with Crippen molar-refractivity contribution in [1.29, 1.82) is 0 Å². The molecule has 4 heterocycles. The minimum Gasteiger partial charge on any atom is -0.434 e. The van der Waals surface area contributed by atoms with Crippen LogP contribution < -0.4 is 15.0 Å². The van der Waals surface area contributed by atoms with Crippen molar-refractivity contribution in [3.63, 3.8) is 0 Å². The number of thiophene rings is 1. The monoisotopic (exact) mass is 643 g/mol. The highest BCUT2D eigenvalue weighted by molar-refractivity contribution is 7.17. The SMILES string of the molecule is CCN(C(=O)c1cc(F)ccc1Oc1nncnc1N1CC2=C(CN(C(=O)C[C@@H](Cc3csc4ccccc34)NC)C2)C1)C(C)C. The second-order valence-electron chi connectivity index (χ2n) is 12.0. The van der Waals surface area contributed by atoms with E-state index in [1.807, 2.05) is 37.6 Å². The Labute approximate surface area is 271 Å². The fourth-order valence-electron chi connectivity index (χ4n) is 6.28. The number of halogens is 1. The number of anilines is 1. The number of ether oxygens (including phenoxy) is 1. The second-order valence-corrected chi connectivity index (χ2v) is 12.9. The number of likely N-dealkylation sites (N-methyl/N-ethyl adjacent to an activating group) is 1. The van der Waals surface area contributed by atoms with Crippen molar-refractivity contribution in [2.75, 3.05) is 44.7 Å². The lowest BCUT2D eigenvalue weighted by Crippen LogP contribution is -2.39. The number of carbonyl (C=O) groups is 2. The van der Waals surface area contributed by atoms with Gasteiger partial charge in [-0.3, -0.25) is 9.59 Å². The number of amides is 2. The summed E-state index contributed by atoms with van der Waals surface area (Å²) < 4.78 is 21.7. The van der Waals surface area contributed by atoms with Crippen LogP contribution in [-0.2, 0) is 11.2 Å². The molecule has 2 aliphatic heterocycles. The molecule has 2 aliphatic rings. The van der Waals surface area contributed by atoms with E-state index >= 15 is 0 Å². The Morgan fingerprint density at radius 1 is 1.11 bits per heavy atom. The van der Waals surface area contributed by atoms with Gasteiger partial charge < -0.3 is 24.8 Å². The lowest BCUT2D eigenvalue weighted by molar-refractivity contribution is -0.130. The van der Waals surface area contributed by atoms with Gasteiger partial charge in [-0.05, 0) is 86.0 Å². The first-order chi connectivity index (χ1) is 22.2. The summed E-state index contributed by atoms with van der Waals surface area (Å²) in [6.45, 7) is 8.43. The third kappa shape index (κ3) is 6.45. The van der Waals surface area contributed by atoms with E-state index in [-0.39, 0.29) is 41.1 Å². The van der Waals surface area contributed by atoms with Crippen LogP contribution in [0.1, 0.15) is 43.1 Å². The first-order valence-corrected chi connectivity index (χ1v) is 16.4. The maximum atomic E-state index is 14.3.